The van der Waals surface area contributed by atoms with Crippen LogP contribution < -0.4 is 3.32 Å². The van der Waals surface area contributed by atoms with Gasteiger partial charge in [-0.25, -0.2) is 0 Å². The second-order valence-corrected chi connectivity index (χ2v) is 153. The molecule has 189 valence electrons. The van der Waals surface area contributed by atoms with Gasteiger partial charge >= 0.3 is 211 Å². The van der Waals surface area contributed by atoms with Gasteiger partial charge in [0.15, 0.2) is 0 Å². The standard InChI is InChI=1S/C13H9.C6H5.C5H5.2C3H9Si.2CH3.CH2.Hf/c1-3-7-12-10(5-1)9-11-6-2-4-8-13(11)12;1-2-4-6-5-3-1;1-2-4-5-3-1;2*1-4(2)3;;;;/h1-9H;1-5H;1-5H;2*1-3H3;2*1H3;1H2;. The van der Waals surface area contributed by atoms with E-state index in [0.29, 0.717) is 0 Å². The summed E-state index contributed by atoms with van der Waals surface area (Å²) >= 11 is -6.32. The van der Waals surface area contributed by atoms with Crippen molar-refractivity contribution >= 4 is 18.1 Å². The van der Waals surface area contributed by atoms with Crippen molar-refractivity contribution in [3.63, 3.8) is 0 Å². The van der Waals surface area contributed by atoms with Crippen LogP contribution in [0.2, 0.25) is 52.3 Å². The molecule has 0 aromatic heterocycles. The van der Waals surface area contributed by atoms with E-state index in [4.69, 9.17) is 4.26 Å². The zero-order valence-electron chi connectivity index (χ0n) is 23.7. The van der Waals surface area contributed by atoms with Crippen LogP contribution in [0.1, 0.15) is 14.8 Å². The third-order valence-corrected chi connectivity index (χ3v) is 276. The number of hydrogen-bond acceptors (Lipinski definition) is 0. The van der Waals surface area contributed by atoms with Gasteiger partial charge in [0.1, 0.15) is 0 Å². The first-order valence-corrected chi connectivity index (χ1v) is 47.2. The van der Waals surface area contributed by atoms with Crippen molar-refractivity contribution in [3.05, 3.63) is 114 Å². The Balaban J connectivity index is 2.33. The molecule has 0 nitrogen and oxygen atoms in total. The number of rotatable bonds is 5. The first-order chi connectivity index (χ1) is 16.5. The van der Waals surface area contributed by atoms with Crippen molar-refractivity contribution in [2.24, 2.45) is 0 Å². The summed E-state index contributed by atoms with van der Waals surface area (Å²) in [6.45, 7) is 16.2. The molecule has 0 unspecified atom stereocenters. The summed E-state index contributed by atoms with van der Waals surface area (Å²) in [5.74, 6) is 0. The van der Waals surface area contributed by atoms with Gasteiger partial charge in [0.25, 0.3) is 0 Å². The minimum atomic E-state index is -6.32. The normalized spacial score (nSPS) is 20.7. The van der Waals surface area contributed by atoms with Crippen LogP contribution in [0.25, 0.3) is 11.1 Å². The maximum absolute atomic E-state index is 6.32. The molecular formula is C33H45HfSi2. The molecule has 0 atom stereocenters. The zero-order chi connectivity index (χ0) is 26.4. The molecular weight excluding hydrogens is 631 g/mol. The van der Waals surface area contributed by atoms with Crippen LogP contribution in [-0.2, 0) is 11.9 Å². The molecule has 3 aromatic rings. The summed E-state index contributed by atoms with van der Waals surface area (Å²) in [5.41, 5.74) is 5.84. The molecule has 5 rings (SSSR count). The molecule has 36 heavy (non-hydrogen) atoms. The van der Waals surface area contributed by atoms with Crippen molar-refractivity contribution in [1.82, 2.24) is 0 Å². The fourth-order valence-electron chi connectivity index (χ4n) is 10.7. The van der Waals surface area contributed by atoms with Crippen LogP contribution in [0.5, 0.6) is 0 Å². The van der Waals surface area contributed by atoms with Gasteiger partial charge in [-0.2, -0.15) is 0 Å². The Hall–Kier alpha value is -1.69. The summed E-state index contributed by atoms with van der Waals surface area (Å²) in [7, 11) is 0. The Morgan fingerprint density at radius 3 is 1.39 bits per heavy atom. The molecule has 0 amide bonds. The van der Waals surface area contributed by atoms with E-state index in [0.717, 1.165) is 0 Å². The monoisotopic (exact) mass is 677 g/mol. The van der Waals surface area contributed by atoms with Crippen LogP contribution in [-0.4, -0.2) is 14.8 Å². The van der Waals surface area contributed by atoms with E-state index in [1.165, 1.54) is 22.3 Å². The molecule has 0 saturated carbocycles. The second kappa shape index (κ2) is 5.97. The first kappa shape index (κ1) is 25.9. The van der Waals surface area contributed by atoms with Gasteiger partial charge in [-0.15, -0.1) is 0 Å². The fourth-order valence-corrected chi connectivity index (χ4v) is 198. The average molecular weight is 676 g/mol. The molecule has 0 fully saturated rings. The number of allylic oxidation sites excluding steroid dienone is 4. The summed E-state index contributed by atoms with van der Waals surface area (Å²) in [6, 6.07) is 30.5. The average Bonchev–Trinajstić information content (AvgIpc) is 3.47. The Kier molecular flexibility index (Phi) is 4.30. The van der Waals surface area contributed by atoms with Gasteiger partial charge in [-0.3, -0.25) is 0 Å². The molecule has 2 aliphatic carbocycles. The Morgan fingerprint density at radius 1 is 0.583 bits per heavy atom. The van der Waals surface area contributed by atoms with E-state index >= 15 is 0 Å². The van der Waals surface area contributed by atoms with Crippen molar-refractivity contribution < 1.29 is 11.9 Å². The minimum absolute atomic E-state index is 0.242. The molecule has 3 aromatic carbocycles. The van der Waals surface area contributed by atoms with Gasteiger partial charge in [-0.1, -0.05) is 0 Å². The van der Waals surface area contributed by atoms with Crippen LogP contribution in [0, 0.1) is 0 Å². The SMILES string of the molecule is [CH2]=[Hf]([CH3])([CH3])([c]1ccccc1)([CH]1C=CC=C1)([CH]1c2ccccc2-c2ccccc21)([Si](C)(C)C)[Si](C)(C)C. The van der Waals surface area contributed by atoms with Crippen molar-refractivity contribution in [3.8, 4) is 11.1 Å². The third-order valence-electron chi connectivity index (χ3n) is 16.0. The van der Waals surface area contributed by atoms with Crippen molar-refractivity contribution in [1.29, 1.82) is 0 Å². The van der Waals surface area contributed by atoms with Gasteiger partial charge in [0.05, 0.1) is 0 Å². The third kappa shape index (κ3) is 1.84. The number of fused-ring (bicyclic) bond motifs is 3. The Bertz CT molecular complexity index is 1580. The molecule has 0 saturated heterocycles. The summed E-state index contributed by atoms with van der Waals surface area (Å²) in [5, 5.41) is -4.54. The van der Waals surface area contributed by atoms with E-state index in [1.807, 2.05) is 0 Å². The fraction of sp³-hybridized carbons (Fsp3) is 0.303. The van der Waals surface area contributed by atoms with Crippen LogP contribution in [0.4, 0.5) is 0 Å². The van der Waals surface area contributed by atoms with E-state index in [-0.39, 0.29) is 7.35 Å². The molecule has 2 aliphatic rings. The Labute approximate surface area is 210 Å². The van der Waals surface area contributed by atoms with Crippen LogP contribution >= 0.6 is 0 Å². The second-order valence-electron chi connectivity index (χ2n) is 17.0. The maximum atomic E-state index is 6.28. The summed E-state index contributed by atoms with van der Waals surface area (Å²) in [6.07, 6.45) is 9.80. The quantitative estimate of drug-likeness (QED) is 0.236. The molecule has 0 aliphatic heterocycles. The van der Waals surface area contributed by atoms with Gasteiger partial charge in [0, 0.05) is 0 Å². The predicted molar refractivity (Wildman–Crippen MR) is 167 cm³/mol. The van der Waals surface area contributed by atoms with E-state index in [1.54, 1.807) is 3.32 Å². The predicted octanol–water partition coefficient (Wildman–Crippen LogP) is 9.49. The molecule has 0 N–H and O–H groups in total. The van der Waals surface area contributed by atoms with E-state index < -0.39 is 22.5 Å². The molecule has 3 heteroatoms. The number of hydrogen-bond donors (Lipinski definition) is 0. The van der Waals surface area contributed by atoms with Crippen molar-refractivity contribution in [2.75, 3.05) is 0 Å². The van der Waals surface area contributed by atoms with Gasteiger partial charge in [-0.05, 0) is 0 Å². The summed E-state index contributed by atoms with van der Waals surface area (Å²) < 4.78 is 14.2. The topological polar surface area (TPSA) is 0 Å². The van der Waals surface area contributed by atoms with Gasteiger partial charge < -0.3 is 0 Å². The van der Waals surface area contributed by atoms with E-state index in [2.05, 4.69) is 152 Å². The Morgan fingerprint density at radius 2 is 0.972 bits per heavy atom. The van der Waals surface area contributed by atoms with Gasteiger partial charge in [0.2, 0.25) is 0 Å². The van der Waals surface area contributed by atoms with Crippen LogP contribution in [0.15, 0.2) is 103 Å². The van der Waals surface area contributed by atoms with E-state index in [9.17, 15) is 0 Å². The first-order valence-electron chi connectivity index (χ1n) is 13.7. The molecule has 0 spiro atoms. The van der Waals surface area contributed by atoms with Crippen LogP contribution in [0.3, 0.4) is 0 Å². The van der Waals surface area contributed by atoms with Crippen molar-refractivity contribution in [2.45, 2.75) is 56.0 Å². The molecule has 0 radical (unpaired) electrons. The molecule has 0 heterocycles. The summed E-state index contributed by atoms with van der Waals surface area (Å²) in [4.78, 5) is 0. The molecule has 0 bridgehead atoms. The zero-order valence-corrected chi connectivity index (χ0v) is 29.3. The number of benzene rings is 3.